The molecule has 0 bridgehead atoms. The minimum Gasteiger partial charge on any atom is -0.241 e. The summed E-state index contributed by atoms with van der Waals surface area (Å²) < 4.78 is 1.22. The average molecular weight is 547 g/mol. The molecule has 0 amide bonds. The number of nitrogens with zero attached hydrogens (tertiary/aromatic N) is 4. The summed E-state index contributed by atoms with van der Waals surface area (Å²) in [6.45, 7) is 2.15. The zero-order valence-corrected chi connectivity index (χ0v) is 23.3. The quantitative estimate of drug-likeness (QED) is 0.208. The molecule has 0 aliphatic heterocycles. The third-order valence-electron chi connectivity index (χ3n) is 7.11. The van der Waals surface area contributed by atoms with Crippen LogP contribution in [0.25, 0.3) is 66.6 Å². The van der Waals surface area contributed by atoms with Gasteiger partial charge in [0.2, 0.25) is 0 Å². The van der Waals surface area contributed by atoms with Crippen LogP contribution in [0.3, 0.4) is 0 Å². The van der Waals surface area contributed by atoms with E-state index in [0.29, 0.717) is 17.5 Å². The molecule has 2 heterocycles. The molecule has 0 aliphatic rings. The van der Waals surface area contributed by atoms with Crippen molar-refractivity contribution in [1.29, 1.82) is 0 Å². The smallest absolute Gasteiger partial charge is 0.164 e. The molecule has 0 aliphatic carbocycles. The summed E-state index contributed by atoms with van der Waals surface area (Å²) in [5.74, 6) is 1.95. The van der Waals surface area contributed by atoms with E-state index in [1.165, 1.54) is 4.70 Å². The second-order valence-electron chi connectivity index (χ2n) is 9.81. The normalized spacial score (nSPS) is 11.1. The Balaban J connectivity index is 1.41. The van der Waals surface area contributed by atoms with Crippen molar-refractivity contribution in [3.05, 3.63) is 132 Å². The fourth-order valence-electron chi connectivity index (χ4n) is 5.02. The van der Waals surface area contributed by atoms with Gasteiger partial charge in [-0.2, -0.15) is 0 Å². The Hall–Kier alpha value is -5.00. The van der Waals surface area contributed by atoms with Crippen molar-refractivity contribution in [2.24, 2.45) is 0 Å². The summed E-state index contributed by atoms with van der Waals surface area (Å²) in [6, 6.07) is 43.7. The van der Waals surface area contributed by atoms with Crippen molar-refractivity contribution in [1.82, 2.24) is 19.9 Å². The lowest BCUT2D eigenvalue weighted by Gasteiger charge is -2.14. The van der Waals surface area contributed by atoms with Crippen LogP contribution in [0, 0.1) is 0 Å². The Morgan fingerprint density at radius 2 is 1.00 bits per heavy atom. The van der Waals surface area contributed by atoms with Gasteiger partial charge < -0.3 is 0 Å². The van der Waals surface area contributed by atoms with Gasteiger partial charge in [-0.05, 0) is 46.9 Å². The van der Waals surface area contributed by atoms with Gasteiger partial charge in [0.05, 0.1) is 15.2 Å². The summed E-state index contributed by atoms with van der Waals surface area (Å²) in [7, 11) is 0. The van der Waals surface area contributed by atoms with E-state index in [2.05, 4.69) is 67.6 Å². The van der Waals surface area contributed by atoms with Gasteiger partial charge in [0.25, 0.3) is 0 Å². The standard InChI is InChI=1S/C36H26N4S/c1-2-33-37-31-23-27(19-21-32(31)41-33)29-20-18-28(22-30(29)24-12-6-3-7-13-24)36-39-34(25-14-8-4-9-15-25)38-35(40-36)26-16-10-5-11-17-26/h3-23H,2H2,1H3. The van der Waals surface area contributed by atoms with Crippen molar-refractivity contribution in [3.63, 3.8) is 0 Å². The minimum atomic E-state index is 0.643. The Morgan fingerprint density at radius 1 is 0.463 bits per heavy atom. The second-order valence-corrected chi connectivity index (χ2v) is 10.9. The van der Waals surface area contributed by atoms with Crippen molar-refractivity contribution in [2.75, 3.05) is 0 Å². The number of aromatic nitrogens is 4. The van der Waals surface area contributed by atoms with E-state index in [4.69, 9.17) is 19.9 Å². The third kappa shape index (κ3) is 5.04. The molecule has 0 atom stereocenters. The topological polar surface area (TPSA) is 51.6 Å². The number of benzene rings is 5. The lowest BCUT2D eigenvalue weighted by molar-refractivity contribution is 1.07. The van der Waals surface area contributed by atoms with Gasteiger partial charge in [-0.1, -0.05) is 116 Å². The number of hydrogen-bond donors (Lipinski definition) is 0. The maximum Gasteiger partial charge on any atom is 0.164 e. The monoisotopic (exact) mass is 546 g/mol. The molecule has 0 spiro atoms. The van der Waals surface area contributed by atoms with Gasteiger partial charge in [0, 0.05) is 16.7 Å². The van der Waals surface area contributed by atoms with Crippen LogP contribution in [0.15, 0.2) is 127 Å². The first-order chi connectivity index (χ1) is 20.2. The maximum absolute atomic E-state index is 4.96. The van der Waals surface area contributed by atoms with E-state index < -0.39 is 0 Å². The summed E-state index contributed by atoms with van der Waals surface area (Å²) in [4.78, 5) is 19.6. The molecule has 0 fully saturated rings. The SMILES string of the molecule is CCc1nc2cc(-c3ccc(-c4nc(-c5ccccc5)nc(-c5ccccc5)n4)cc3-c3ccccc3)ccc2s1. The largest absolute Gasteiger partial charge is 0.241 e. The molecule has 7 aromatic rings. The predicted octanol–water partition coefficient (Wildman–Crippen LogP) is 9.38. The highest BCUT2D eigenvalue weighted by molar-refractivity contribution is 7.18. The molecule has 0 radical (unpaired) electrons. The molecule has 5 heteroatoms. The predicted molar refractivity (Wildman–Crippen MR) is 170 cm³/mol. The highest BCUT2D eigenvalue weighted by Crippen LogP contribution is 2.37. The van der Waals surface area contributed by atoms with E-state index in [1.807, 2.05) is 66.7 Å². The fourth-order valence-corrected chi connectivity index (χ4v) is 5.91. The van der Waals surface area contributed by atoms with Crippen LogP contribution in [0.4, 0.5) is 0 Å². The zero-order chi connectivity index (χ0) is 27.6. The third-order valence-corrected chi connectivity index (χ3v) is 8.29. The number of hydrogen-bond acceptors (Lipinski definition) is 5. The van der Waals surface area contributed by atoms with Crippen LogP contribution < -0.4 is 0 Å². The van der Waals surface area contributed by atoms with Crippen molar-refractivity contribution < 1.29 is 0 Å². The van der Waals surface area contributed by atoms with Crippen molar-refractivity contribution >= 4 is 21.6 Å². The molecule has 7 rings (SSSR count). The van der Waals surface area contributed by atoms with Gasteiger partial charge in [0.15, 0.2) is 17.5 Å². The summed E-state index contributed by atoms with van der Waals surface area (Å²) in [6.07, 6.45) is 0.945. The Morgan fingerprint density at radius 3 is 1.59 bits per heavy atom. The Kier molecular flexibility index (Phi) is 6.63. The van der Waals surface area contributed by atoms with Crippen LogP contribution in [0.1, 0.15) is 11.9 Å². The van der Waals surface area contributed by atoms with Crippen molar-refractivity contribution in [2.45, 2.75) is 13.3 Å². The molecular formula is C36H26N4S. The molecule has 41 heavy (non-hydrogen) atoms. The molecule has 4 nitrogen and oxygen atoms in total. The molecule has 2 aromatic heterocycles. The molecule has 0 unspecified atom stereocenters. The first kappa shape index (κ1) is 25.0. The first-order valence-corrected chi connectivity index (χ1v) is 14.5. The fraction of sp³-hybridized carbons (Fsp3) is 0.0556. The first-order valence-electron chi connectivity index (χ1n) is 13.7. The average Bonchev–Trinajstić information content (AvgIpc) is 3.48. The van der Waals surface area contributed by atoms with Crippen LogP contribution in [0.5, 0.6) is 0 Å². The van der Waals surface area contributed by atoms with Crippen LogP contribution in [-0.2, 0) is 6.42 Å². The van der Waals surface area contributed by atoms with E-state index in [9.17, 15) is 0 Å². The summed E-state index contributed by atoms with van der Waals surface area (Å²) in [5.41, 5.74) is 8.44. The zero-order valence-electron chi connectivity index (χ0n) is 22.5. The minimum absolute atomic E-state index is 0.643. The molecule has 0 saturated carbocycles. The van der Waals surface area contributed by atoms with E-state index >= 15 is 0 Å². The van der Waals surface area contributed by atoms with E-state index in [-0.39, 0.29) is 0 Å². The van der Waals surface area contributed by atoms with Gasteiger partial charge >= 0.3 is 0 Å². The summed E-state index contributed by atoms with van der Waals surface area (Å²) >= 11 is 1.77. The van der Waals surface area contributed by atoms with E-state index in [0.717, 1.165) is 55.9 Å². The van der Waals surface area contributed by atoms with Crippen molar-refractivity contribution in [3.8, 4) is 56.4 Å². The molecular weight excluding hydrogens is 520 g/mol. The number of aryl methyl sites for hydroxylation is 1. The van der Waals surface area contributed by atoms with Gasteiger partial charge in [-0.3, -0.25) is 0 Å². The number of rotatable bonds is 6. The highest BCUT2D eigenvalue weighted by atomic mass is 32.1. The highest BCUT2D eigenvalue weighted by Gasteiger charge is 2.16. The van der Waals surface area contributed by atoms with Crippen LogP contribution in [0.2, 0.25) is 0 Å². The lowest BCUT2D eigenvalue weighted by atomic mass is 9.92. The molecule has 0 saturated heterocycles. The van der Waals surface area contributed by atoms with Gasteiger partial charge in [-0.25, -0.2) is 19.9 Å². The van der Waals surface area contributed by atoms with Gasteiger partial charge in [0.1, 0.15) is 0 Å². The molecule has 0 N–H and O–H groups in total. The lowest BCUT2D eigenvalue weighted by Crippen LogP contribution is -2.00. The maximum atomic E-state index is 4.96. The molecule has 5 aromatic carbocycles. The van der Waals surface area contributed by atoms with Crippen LogP contribution >= 0.6 is 11.3 Å². The summed E-state index contributed by atoms with van der Waals surface area (Å²) in [5, 5.41) is 1.16. The Bertz CT molecular complexity index is 1910. The van der Waals surface area contributed by atoms with Crippen LogP contribution in [-0.4, -0.2) is 19.9 Å². The van der Waals surface area contributed by atoms with E-state index in [1.54, 1.807) is 11.3 Å². The molecule has 196 valence electrons. The van der Waals surface area contributed by atoms with Gasteiger partial charge in [-0.15, -0.1) is 11.3 Å². The number of thiazole rings is 1. The Labute approximate surface area is 243 Å². The number of fused-ring (bicyclic) bond motifs is 1. The second kappa shape index (κ2) is 10.9.